The van der Waals surface area contributed by atoms with Crippen molar-refractivity contribution in [2.75, 3.05) is 18.2 Å². The van der Waals surface area contributed by atoms with Crippen molar-refractivity contribution in [3.63, 3.8) is 0 Å². The van der Waals surface area contributed by atoms with Crippen LogP contribution in [0.4, 0.5) is 20.2 Å². The van der Waals surface area contributed by atoms with E-state index >= 15 is 0 Å². The van der Waals surface area contributed by atoms with Crippen LogP contribution in [-0.2, 0) is 0 Å². The first-order valence-electron chi connectivity index (χ1n) is 5.57. The Morgan fingerprint density at radius 1 is 1.30 bits per heavy atom. The molecule has 0 atom stereocenters. The van der Waals surface area contributed by atoms with Gasteiger partial charge in [-0.3, -0.25) is 4.79 Å². The summed E-state index contributed by atoms with van der Waals surface area (Å²) in [5.74, 6) is -2.28. The average molecular weight is 279 g/mol. The summed E-state index contributed by atoms with van der Waals surface area (Å²) in [5.41, 5.74) is 5.00. The second-order valence-corrected chi connectivity index (χ2v) is 3.90. The molecule has 0 aliphatic heterocycles. The highest BCUT2D eigenvalue weighted by Gasteiger charge is 2.15. The average Bonchev–Trinajstić information content (AvgIpc) is 2.43. The molecule has 0 aliphatic carbocycles. The Bertz CT molecular complexity index is 645. The van der Waals surface area contributed by atoms with Crippen molar-refractivity contribution in [3.05, 3.63) is 47.7 Å². The Kier molecular flexibility index (Phi) is 3.79. The number of ether oxygens (including phenoxy) is 1. The number of aromatic nitrogens is 1. The molecule has 0 saturated heterocycles. The fourth-order valence-corrected chi connectivity index (χ4v) is 1.51. The minimum absolute atomic E-state index is 0.301. The number of nitrogens with two attached hydrogens (primary N) is 1. The van der Waals surface area contributed by atoms with Gasteiger partial charge in [-0.2, -0.15) is 0 Å². The van der Waals surface area contributed by atoms with Gasteiger partial charge in [0.05, 0.1) is 30.2 Å². The van der Waals surface area contributed by atoms with E-state index in [-0.39, 0.29) is 11.3 Å². The first-order chi connectivity index (χ1) is 9.51. The zero-order valence-electron chi connectivity index (χ0n) is 10.5. The van der Waals surface area contributed by atoms with Crippen LogP contribution in [0.15, 0.2) is 30.5 Å². The highest BCUT2D eigenvalue weighted by Crippen LogP contribution is 2.18. The molecule has 0 spiro atoms. The molecular weight excluding hydrogens is 268 g/mol. The summed E-state index contributed by atoms with van der Waals surface area (Å²) in [7, 11) is 1.46. The number of halogens is 2. The van der Waals surface area contributed by atoms with Gasteiger partial charge < -0.3 is 15.8 Å². The molecule has 2 aromatic rings. The van der Waals surface area contributed by atoms with Crippen LogP contribution in [0.2, 0.25) is 0 Å². The Morgan fingerprint density at radius 3 is 2.65 bits per heavy atom. The van der Waals surface area contributed by atoms with Gasteiger partial charge in [0.15, 0.2) is 0 Å². The molecule has 0 radical (unpaired) electrons. The van der Waals surface area contributed by atoms with E-state index in [2.05, 4.69) is 10.3 Å². The smallest absolute Gasteiger partial charge is 0.258 e. The number of nitrogens with zero attached hydrogens (tertiary/aromatic N) is 1. The third kappa shape index (κ3) is 2.82. The zero-order chi connectivity index (χ0) is 14.7. The summed E-state index contributed by atoms with van der Waals surface area (Å²) in [6.45, 7) is 0. The summed E-state index contributed by atoms with van der Waals surface area (Å²) in [4.78, 5) is 15.7. The third-order valence-corrected chi connectivity index (χ3v) is 2.53. The van der Waals surface area contributed by atoms with E-state index in [1.165, 1.54) is 25.4 Å². The molecule has 1 amide bonds. The lowest BCUT2D eigenvalue weighted by Gasteiger charge is -2.07. The van der Waals surface area contributed by atoms with E-state index < -0.39 is 17.5 Å². The summed E-state index contributed by atoms with van der Waals surface area (Å²) < 4.78 is 31.4. The van der Waals surface area contributed by atoms with Gasteiger partial charge in [0.1, 0.15) is 11.6 Å². The maximum Gasteiger partial charge on any atom is 0.258 e. The number of hydrogen-bond donors (Lipinski definition) is 2. The number of methoxy groups -OCH3 is 1. The van der Waals surface area contributed by atoms with Gasteiger partial charge in [0.2, 0.25) is 5.88 Å². The molecular formula is C13H11F2N3O2. The highest BCUT2D eigenvalue weighted by molar-refractivity contribution is 6.04. The standard InChI is InChI=1S/C13H11F2N3O2/c1-20-12-3-2-7(6-17-12)18-13(19)8-4-11(16)10(15)5-9(8)14/h2-6H,16H2,1H3,(H,18,19). The fraction of sp³-hybridized carbons (Fsp3) is 0.0769. The van der Waals surface area contributed by atoms with Crippen LogP contribution in [0, 0.1) is 11.6 Å². The maximum atomic E-state index is 13.5. The van der Waals surface area contributed by atoms with Crippen LogP contribution in [0.3, 0.4) is 0 Å². The molecule has 1 aromatic carbocycles. The Morgan fingerprint density at radius 2 is 2.05 bits per heavy atom. The number of amides is 1. The Balaban J connectivity index is 2.21. The predicted molar refractivity (Wildman–Crippen MR) is 69.5 cm³/mol. The van der Waals surface area contributed by atoms with Crippen LogP contribution < -0.4 is 15.8 Å². The summed E-state index contributed by atoms with van der Waals surface area (Å²) in [6.07, 6.45) is 1.35. The van der Waals surface area contributed by atoms with Gasteiger partial charge in [-0.25, -0.2) is 13.8 Å². The lowest BCUT2D eigenvalue weighted by atomic mass is 10.1. The number of pyridine rings is 1. The van der Waals surface area contributed by atoms with E-state index in [0.717, 1.165) is 6.07 Å². The quantitative estimate of drug-likeness (QED) is 0.844. The minimum atomic E-state index is -0.990. The number of carbonyl (C=O) groups is 1. The molecule has 5 nitrogen and oxygen atoms in total. The van der Waals surface area contributed by atoms with Crippen LogP contribution in [0.1, 0.15) is 10.4 Å². The molecule has 2 rings (SSSR count). The lowest BCUT2D eigenvalue weighted by Crippen LogP contribution is -2.15. The van der Waals surface area contributed by atoms with Gasteiger partial charge in [0.25, 0.3) is 5.91 Å². The predicted octanol–water partition coefficient (Wildman–Crippen LogP) is 2.20. The molecule has 0 saturated carbocycles. The molecule has 0 bridgehead atoms. The number of hydrogen-bond acceptors (Lipinski definition) is 4. The number of carbonyl (C=O) groups excluding carboxylic acids is 1. The number of anilines is 2. The van der Waals surface area contributed by atoms with Crippen molar-refractivity contribution in [2.45, 2.75) is 0 Å². The Hall–Kier alpha value is -2.70. The topological polar surface area (TPSA) is 77.2 Å². The molecule has 7 heteroatoms. The molecule has 1 aromatic heterocycles. The monoisotopic (exact) mass is 279 g/mol. The number of nitrogens with one attached hydrogen (secondary N) is 1. The number of nitrogen functional groups attached to an aromatic ring is 1. The van der Waals surface area contributed by atoms with Crippen molar-refractivity contribution < 1.29 is 18.3 Å². The van der Waals surface area contributed by atoms with E-state index in [0.29, 0.717) is 17.6 Å². The van der Waals surface area contributed by atoms with E-state index in [1.807, 2.05) is 0 Å². The first-order valence-corrected chi connectivity index (χ1v) is 5.57. The SMILES string of the molecule is COc1ccc(NC(=O)c2cc(N)c(F)cc2F)cn1. The normalized spacial score (nSPS) is 10.2. The summed E-state index contributed by atoms with van der Waals surface area (Å²) in [6, 6.07) is 4.58. The number of benzene rings is 1. The molecule has 0 unspecified atom stereocenters. The second-order valence-electron chi connectivity index (χ2n) is 3.90. The molecule has 1 heterocycles. The van der Waals surface area contributed by atoms with Crippen LogP contribution in [0.25, 0.3) is 0 Å². The number of rotatable bonds is 3. The first kappa shape index (κ1) is 13.7. The zero-order valence-corrected chi connectivity index (χ0v) is 10.5. The van der Waals surface area contributed by atoms with Gasteiger partial charge in [-0.1, -0.05) is 0 Å². The molecule has 20 heavy (non-hydrogen) atoms. The van der Waals surface area contributed by atoms with E-state index in [4.69, 9.17) is 10.5 Å². The Labute approximate surface area is 113 Å². The van der Waals surface area contributed by atoms with E-state index in [9.17, 15) is 13.6 Å². The van der Waals surface area contributed by atoms with Crippen molar-refractivity contribution in [3.8, 4) is 5.88 Å². The van der Waals surface area contributed by atoms with Crippen molar-refractivity contribution in [2.24, 2.45) is 0 Å². The van der Waals surface area contributed by atoms with Crippen LogP contribution >= 0.6 is 0 Å². The second kappa shape index (κ2) is 5.52. The third-order valence-electron chi connectivity index (χ3n) is 2.53. The molecule has 0 fully saturated rings. The van der Waals surface area contributed by atoms with Crippen molar-refractivity contribution in [1.29, 1.82) is 0 Å². The molecule has 3 N–H and O–H groups in total. The maximum absolute atomic E-state index is 13.5. The molecule has 104 valence electrons. The van der Waals surface area contributed by atoms with Crippen LogP contribution in [-0.4, -0.2) is 18.0 Å². The largest absolute Gasteiger partial charge is 0.481 e. The summed E-state index contributed by atoms with van der Waals surface area (Å²) in [5, 5.41) is 2.42. The van der Waals surface area contributed by atoms with Gasteiger partial charge >= 0.3 is 0 Å². The van der Waals surface area contributed by atoms with Gasteiger partial charge in [0, 0.05) is 12.1 Å². The minimum Gasteiger partial charge on any atom is -0.481 e. The van der Waals surface area contributed by atoms with Crippen LogP contribution in [0.5, 0.6) is 5.88 Å². The fourth-order valence-electron chi connectivity index (χ4n) is 1.51. The summed E-state index contributed by atoms with van der Waals surface area (Å²) >= 11 is 0. The molecule has 0 aliphatic rings. The van der Waals surface area contributed by atoms with Gasteiger partial charge in [-0.15, -0.1) is 0 Å². The van der Waals surface area contributed by atoms with Crippen molar-refractivity contribution in [1.82, 2.24) is 4.98 Å². The van der Waals surface area contributed by atoms with Crippen molar-refractivity contribution >= 4 is 17.3 Å². The van der Waals surface area contributed by atoms with Gasteiger partial charge in [-0.05, 0) is 12.1 Å². The highest BCUT2D eigenvalue weighted by atomic mass is 19.1. The van der Waals surface area contributed by atoms with E-state index in [1.54, 1.807) is 0 Å². The lowest BCUT2D eigenvalue weighted by molar-refractivity contribution is 0.102.